The maximum Gasteiger partial charge on any atom is 0.325 e. The fraction of sp³-hybridized carbons (Fsp3) is 0.185. The normalized spacial score (nSPS) is 11.1. The van der Waals surface area contributed by atoms with Crippen molar-refractivity contribution in [1.29, 1.82) is 0 Å². The Morgan fingerprint density at radius 3 is 2.13 bits per heavy atom. The Morgan fingerprint density at radius 1 is 0.842 bits per heavy atom. The number of hydrogen-bond acceptors (Lipinski definition) is 8. The molecule has 38 heavy (non-hydrogen) atoms. The number of carbonyl (C=O) groups excluding carboxylic acids is 2. The number of nitrogens with zero attached hydrogens (tertiary/aromatic N) is 2. The highest BCUT2D eigenvalue weighted by Crippen LogP contribution is 2.27. The molecule has 1 aromatic heterocycles. The number of nitrogens with one attached hydrogen (secondary N) is 3. The van der Waals surface area contributed by atoms with Crippen LogP contribution in [0.2, 0.25) is 0 Å². The van der Waals surface area contributed by atoms with E-state index in [1.54, 1.807) is 60.7 Å². The molecule has 11 heteroatoms. The third-order valence-electron chi connectivity index (χ3n) is 5.42. The summed E-state index contributed by atoms with van der Waals surface area (Å²) in [6.45, 7) is 2.09. The first-order valence-corrected chi connectivity index (χ1v) is 13.5. The van der Waals surface area contributed by atoms with E-state index in [4.69, 9.17) is 4.74 Å². The Hall–Kier alpha value is -4.51. The summed E-state index contributed by atoms with van der Waals surface area (Å²) in [6, 6.07) is 21.5. The van der Waals surface area contributed by atoms with Crippen LogP contribution in [0.3, 0.4) is 0 Å². The maximum atomic E-state index is 13.0. The molecule has 4 rings (SSSR count). The standard InChI is InChI=1S/C27H27N5O5S/c1-2-3-17-37-24(33)18-28-27(34)19-13-15-20(16-14-19)29-25-26(31-23-12-8-7-11-22(23)30-25)32-38(35,36)21-9-5-4-6-10-21/h4-16H,2-3,17-18H2,1H3,(H,28,34)(H,29,30)(H,31,32). The minimum atomic E-state index is -3.92. The largest absolute Gasteiger partial charge is 0.464 e. The molecule has 0 atom stereocenters. The number of unbranched alkanes of at least 4 members (excludes halogenated alkanes) is 1. The highest BCUT2D eigenvalue weighted by atomic mass is 32.2. The molecule has 0 saturated heterocycles. The van der Waals surface area contributed by atoms with Crippen molar-refractivity contribution in [3.8, 4) is 0 Å². The number of ether oxygens (including phenoxy) is 1. The number of carbonyl (C=O) groups is 2. The molecule has 10 nitrogen and oxygen atoms in total. The summed E-state index contributed by atoms with van der Waals surface area (Å²) in [4.78, 5) is 33.2. The molecular formula is C27H27N5O5S. The third-order valence-corrected chi connectivity index (χ3v) is 6.77. The van der Waals surface area contributed by atoms with Crippen LogP contribution in [0, 0.1) is 0 Å². The van der Waals surface area contributed by atoms with Crippen molar-refractivity contribution in [2.75, 3.05) is 23.2 Å². The van der Waals surface area contributed by atoms with E-state index in [0.29, 0.717) is 28.9 Å². The monoisotopic (exact) mass is 533 g/mol. The lowest BCUT2D eigenvalue weighted by molar-refractivity contribution is -0.142. The molecule has 0 radical (unpaired) electrons. The second-order valence-corrected chi connectivity index (χ2v) is 9.97. The van der Waals surface area contributed by atoms with Gasteiger partial charge in [-0.1, -0.05) is 43.7 Å². The van der Waals surface area contributed by atoms with Crippen LogP contribution >= 0.6 is 0 Å². The van der Waals surface area contributed by atoms with Crippen molar-refractivity contribution in [1.82, 2.24) is 15.3 Å². The molecule has 0 unspecified atom stereocenters. The van der Waals surface area contributed by atoms with E-state index in [0.717, 1.165) is 12.8 Å². The minimum absolute atomic E-state index is 0.0240. The van der Waals surface area contributed by atoms with E-state index in [9.17, 15) is 18.0 Å². The lowest BCUT2D eigenvalue weighted by Gasteiger charge is -2.14. The number of anilines is 3. The first-order chi connectivity index (χ1) is 18.4. The van der Waals surface area contributed by atoms with Crippen molar-refractivity contribution in [2.45, 2.75) is 24.7 Å². The number of rotatable bonds is 11. The highest BCUT2D eigenvalue weighted by Gasteiger charge is 2.19. The molecule has 4 aromatic rings. The van der Waals surface area contributed by atoms with Crippen LogP contribution in [0.25, 0.3) is 11.0 Å². The van der Waals surface area contributed by atoms with Gasteiger partial charge in [-0.2, -0.15) is 0 Å². The fourth-order valence-corrected chi connectivity index (χ4v) is 4.45. The minimum Gasteiger partial charge on any atom is -0.464 e. The van der Waals surface area contributed by atoms with Gasteiger partial charge in [0.05, 0.1) is 22.5 Å². The van der Waals surface area contributed by atoms with E-state index in [1.807, 2.05) is 13.0 Å². The molecule has 0 saturated carbocycles. The number of benzene rings is 3. The Kier molecular flexibility index (Phi) is 8.49. The van der Waals surface area contributed by atoms with Crippen LogP contribution in [0.15, 0.2) is 83.8 Å². The van der Waals surface area contributed by atoms with Crippen LogP contribution < -0.4 is 15.4 Å². The van der Waals surface area contributed by atoms with Gasteiger partial charge in [0.15, 0.2) is 11.6 Å². The second-order valence-electron chi connectivity index (χ2n) is 8.29. The van der Waals surface area contributed by atoms with Crippen molar-refractivity contribution in [3.63, 3.8) is 0 Å². The van der Waals surface area contributed by atoms with E-state index >= 15 is 0 Å². The molecule has 3 aromatic carbocycles. The van der Waals surface area contributed by atoms with Gasteiger partial charge < -0.3 is 15.4 Å². The predicted molar refractivity (Wildman–Crippen MR) is 145 cm³/mol. The van der Waals surface area contributed by atoms with E-state index in [-0.39, 0.29) is 23.1 Å². The number of amides is 1. The molecule has 0 fully saturated rings. The summed E-state index contributed by atoms with van der Waals surface area (Å²) >= 11 is 0. The number of aromatic nitrogens is 2. The Labute approximate surface area is 220 Å². The molecule has 196 valence electrons. The topological polar surface area (TPSA) is 139 Å². The summed E-state index contributed by atoms with van der Waals surface area (Å²) in [7, 11) is -3.92. The van der Waals surface area contributed by atoms with Gasteiger partial charge in [-0.15, -0.1) is 0 Å². The van der Waals surface area contributed by atoms with Gasteiger partial charge in [0, 0.05) is 11.3 Å². The first-order valence-electron chi connectivity index (χ1n) is 12.0. The second kappa shape index (κ2) is 12.2. The molecule has 0 spiro atoms. The highest BCUT2D eigenvalue weighted by molar-refractivity contribution is 7.92. The zero-order valence-electron chi connectivity index (χ0n) is 20.7. The number of hydrogen-bond donors (Lipinski definition) is 3. The molecule has 0 aliphatic rings. The SMILES string of the molecule is CCCCOC(=O)CNC(=O)c1ccc(Nc2nc3ccccc3nc2NS(=O)(=O)c2ccccc2)cc1. The smallest absolute Gasteiger partial charge is 0.325 e. The quantitative estimate of drug-likeness (QED) is 0.192. The summed E-state index contributed by atoms with van der Waals surface area (Å²) < 4.78 is 33.5. The van der Waals surface area contributed by atoms with Gasteiger partial charge in [-0.25, -0.2) is 18.4 Å². The molecule has 1 heterocycles. The Bertz CT molecular complexity index is 1530. The summed E-state index contributed by atoms with van der Waals surface area (Å²) in [5.74, 6) is -0.706. The predicted octanol–water partition coefficient (Wildman–Crippen LogP) is 4.25. The number of fused-ring (bicyclic) bond motifs is 1. The van der Waals surface area contributed by atoms with Crippen molar-refractivity contribution in [3.05, 3.63) is 84.4 Å². The van der Waals surface area contributed by atoms with Gasteiger partial charge in [-0.3, -0.25) is 14.3 Å². The average Bonchev–Trinajstić information content (AvgIpc) is 2.93. The van der Waals surface area contributed by atoms with Crippen LogP contribution in [-0.2, 0) is 19.6 Å². The van der Waals surface area contributed by atoms with Crippen LogP contribution in [0.5, 0.6) is 0 Å². The van der Waals surface area contributed by atoms with E-state index in [1.165, 1.54) is 12.1 Å². The lowest BCUT2D eigenvalue weighted by Crippen LogP contribution is -2.30. The molecule has 0 bridgehead atoms. The van der Waals surface area contributed by atoms with Crippen LogP contribution in [0.4, 0.5) is 17.3 Å². The zero-order chi connectivity index (χ0) is 27.0. The maximum absolute atomic E-state index is 13.0. The van der Waals surface area contributed by atoms with E-state index < -0.39 is 21.9 Å². The summed E-state index contributed by atoms with van der Waals surface area (Å²) in [6.07, 6.45) is 1.68. The average molecular weight is 534 g/mol. The Morgan fingerprint density at radius 2 is 1.47 bits per heavy atom. The third kappa shape index (κ3) is 6.83. The molecule has 1 amide bonds. The first kappa shape index (κ1) is 26.6. The molecular weight excluding hydrogens is 506 g/mol. The van der Waals surface area contributed by atoms with Crippen molar-refractivity contribution >= 4 is 50.3 Å². The van der Waals surface area contributed by atoms with Crippen LogP contribution in [-0.4, -0.2) is 43.4 Å². The fourth-order valence-electron chi connectivity index (χ4n) is 3.42. The van der Waals surface area contributed by atoms with Gasteiger partial charge in [0.1, 0.15) is 6.54 Å². The summed E-state index contributed by atoms with van der Waals surface area (Å²) in [5.41, 5.74) is 1.97. The molecule has 0 aliphatic carbocycles. The number of esters is 1. The van der Waals surface area contributed by atoms with E-state index in [2.05, 4.69) is 25.3 Å². The zero-order valence-corrected chi connectivity index (χ0v) is 21.5. The number of sulfonamides is 1. The van der Waals surface area contributed by atoms with Gasteiger partial charge in [-0.05, 0) is 55.0 Å². The van der Waals surface area contributed by atoms with Crippen molar-refractivity contribution < 1.29 is 22.7 Å². The van der Waals surface area contributed by atoms with Gasteiger partial charge >= 0.3 is 5.97 Å². The van der Waals surface area contributed by atoms with Crippen molar-refractivity contribution in [2.24, 2.45) is 0 Å². The molecule has 3 N–H and O–H groups in total. The Balaban J connectivity index is 1.51. The van der Waals surface area contributed by atoms with Gasteiger partial charge in [0.25, 0.3) is 15.9 Å². The molecule has 0 aliphatic heterocycles. The van der Waals surface area contributed by atoms with Gasteiger partial charge in [0.2, 0.25) is 0 Å². The summed E-state index contributed by atoms with van der Waals surface area (Å²) in [5, 5.41) is 5.61. The van der Waals surface area contributed by atoms with Crippen LogP contribution in [0.1, 0.15) is 30.1 Å². The number of para-hydroxylation sites is 2. The lowest BCUT2D eigenvalue weighted by atomic mass is 10.2.